The number of nitrogens with zero attached hydrogens (tertiary/aromatic N) is 4. The van der Waals surface area contributed by atoms with E-state index in [1.807, 2.05) is 28.8 Å². The van der Waals surface area contributed by atoms with E-state index in [1.54, 1.807) is 6.20 Å². The minimum absolute atomic E-state index is 0.605. The van der Waals surface area contributed by atoms with Crippen molar-refractivity contribution in [3.63, 3.8) is 0 Å². The van der Waals surface area contributed by atoms with Crippen LogP contribution in [0.2, 0.25) is 0 Å². The van der Waals surface area contributed by atoms with Crippen LogP contribution in [0.4, 0.5) is 0 Å². The molecule has 0 N–H and O–H groups in total. The van der Waals surface area contributed by atoms with Crippen molar-refractivity contribution in [1.82, 2.24) is 14.4 Å². The van der Waals surface area contributed by atoms with E-state index in [0.717, 1.165) is 11.0 Å². The highest BCUT2D eigenvalue weighted by atomic mass is 14.9. The molecule has 0 atom stereocenters. The van der Waals surface area contributed by atoms with Crippen molar-refractivity contribution in [2.45, 2.75) is 0 Å². The Hall–Kier alpha value is -2.41. The topological polar surface area (TPSA) is 54.0 Å². The molecule has 0 spiro atoms. The van der Waals surface area contributed by atoms with Crippen molar-refractivity contribution in [3.8, 4) is 6.07 Å². The summed E-state index contributed by atoms with van der Waals surface area (Å²) in [5.74, 6) is 0. The first-order chi connectivity index (χ1) is 7.42. The summed E-state index contributed by atoms with van der Waals surface area (Å²) >= 11 is 0. The first-order valence-electron chi connectivity index (χ1n) is 4.50. The molecule has 0 saturated carbocycles. The highest BCUT2D eigenvalue weighted by Gasteiger charge is 2.11. The number of aromatic nitrogens is 3. The van der Waals surface area contributed by atoms with Crippen molar-refractivity contribution < 1.29 is 0 Å². The quantitative estimate of drug-likeness (QED) is 0.547. The molecular weight excluding hydrogens is 188 g/mol. The molecule has 4 heteroatoms. The van der Waals surface area contributed by atoms with Crippen molar-refractivity contribution >= 4 is 16.6 Å². The van der Waals surface area contributed by atoms with Crippen LogP contribution in [0.15, 0.2) is 36.9 Å². The lowest BCUT2D eigenvalue weighted by molar-refractivity contribution is 1.18. The van der Waals surface area contributed by atoms with Gasteiger partial charge in [0.15, 0.2) is 0 Å². The van der Waals surface area contributed by atoms with Gasteiger partial charge in [0.25, 0.3) is 0 Å². The normalized spacial score (nSPS) is 10.6. The van der Waals surface area contributed by atoms with Gasteiger partial charge >= 0.3 is 0 Å². The maximum absolute atomic E-state index is 9.10. The second-order valence-corrected chi connectivity index (χ2v) is 3.20. The summed E-state index contributed by atoms with van der Waals surface area (Å²) in [5.41, 5.74) is 3.05. The third kappa shape index (κ3) is 0.945. The van der Waals surface area contributed by atoms with E-state index in [2.05, 4.69) is 16.0 Å². The predicted octanol–water partition coefficient (Wildman–Crippen LogP) is 1.75. The summed E-state index contributed by atoms with van der Waals surface area (Å²) in [4.78, 5) is 8.10. The van der Waals surface area contributed by atoms with Gasteiger partial charge in [-0.3, -0.25) is 0 Å². The van der Waals surface area contributed by atoms with Gasteiger partial charge in [0, 0.05) is 6.20 Å². The average Bonchev–Trinajstić information content (AvgIpc) is 2.63. The maximum Gasteiger partial charge on any atom is 0.116 e. The summed E-state index contributed by atoms with van der Waals surface area (Å²) in [7, 11) is 0. The molecule has 0 radical (unpaired) electrons. The monoisotopic (exact) mass is 194 g/mol. The van der Waals surface area contributed by atoms with E-state index in [9.17, 15) is 0 Å². The number of fused-ring (bicyclic) bond motifs is 3. The summed E-state index contributed by atoms with van der Waals surface area (Å²) in [6.45, 7) is 0. The van der Waals surface area contributed by atoms with Crippen molar-refractivity contribution in [2.75, 3.05) is 0 Å². The molecule has 0 saturated heterocycles. The number of rotatable bonds is 0. The lowest BCUT2D eigenvalue weighted by Crippen LogP contribution is -1.82. The molecule has 0 amide bonds. The van der Waals surface area contributed by atoms with Crippen LogP contribution >= 0.6 is 0 Å². The molecule has 0 fully saturated rings. The first kappa shape index (κ1) is 7.94. The molecule has 0 aliphatic heterocycles. The number of hydrogen-bond donors (Lipinski definition) is 0. The van der Waals surface area contributed by atoms with Gasteiger partial charge in [0.05, 0.1) is 17.2 Å². The minimum Gasteiger partial charge on any atom is -0.312 e. The van der Waals surface area contributed by atoms with Crippen LogP contribution in [0.1, 0.15) is 5.56 Å². The zero-order valence-corrected chi connectivity index (χ0v) is 7.75. The number of pyridine rings is 1. The molecule has 0 bridgehead atoms. The van der Waals surface area contributed by atoms with Gasteiger partial charge in [-0.05, 0) is 12.1 Å². The minimum atomic E-state index is 0.605. The van der Waals surface area contributed by atoms with Gasteiger partial charge in [-0.15, -0.1) is 0 Å². The van der Waals surface area contributed by atoms with Crippen LogP contribution in [-0.4, -0.2) is 14.4 Å². The molecule has 3 aromatic heterocycles. The molecule has 4 nitrogen and oxygen atoms in total. The predicted molar refractivity (Wildman–Crippen MR) is 55.2 cm³/mol. The Morgan fingerprint density at radius 1 is 1.27 bits per heavy atom. The Morgan fingerprint density at radius 2 is 2.20 bits per heavy atom. The van der Waals surface area contributed by atoms with E-state index in [4.69, 9.17) is 5.26 Å². The Bertz CT molecular complexity index is 637. The third-order valence-corrected chi connectivity index (χ3v) is 2.42. The molecule has 70 valence electrons. The van der Waals surface area contributed by atoms with E-state index < -0.39 is 0 Å². The standard InChI is InChI=1S/C11H6N4/c12-5-8-9-3-1-2-4-15(9)10-6-13-7-14-11(8)10/h1-4,6-7H. The summed E-state index contributed by atoms with van der Waals surface area (Å²) in [5, 5.41) is 9.10. The first-order valence-corrected chi connectivity index (χ1v) is 4.50. The fourth-order valence-corrected chi connectivity index (χ4v) is 1.78. The van der Waals surface area contributed by atoms with E-state index >= 15 is 0 Å². The molecule has 0 unspecified atom stereocenters. The Morgan fingerprint density at radius 3 is 3.07 bits per heavy atom. The fraction of sp³-hybridized carbons (Fsp3) is 0. The maximum atomic E-state index is 9.10. The highest BCUT2D eigenvalue weighted by Crippen LogP contribution is 2.22. The zero-order valence-electron chi connectivity index (χ0n) is 7.75. The molecule has 0 aliphatic rings. The summed E-state index contributed by atoms with van der Waals surface area (Å²) < 4.78 is 1.92. The second kappa shape index (κ2) is 2.79. The number of hydrogen-bond acceptors (Lipinski definition) is 3. The summed E-state index contributed by atoms with van der Waals surface area (Å²) in [6, 6.07) is 7.91. The Kier molecular flexibility index (Phi) is 1.48. The van der Waals surface area contributed by atoms with Crippen LogP contribution in [0, 0.1) is 11.3 Å². The molecular formula is C11H6N4. The van der Waals surface area contributed by atoms with E-state index in [1.165, 1.54) is 6.33 Å². The third-order valence-electron chi connectivity index (χ3n) is 2.42. The van der Waals surface area contributed by atoms with Gasteiger partial charge in [0.1, 0.15) is 23.5 Å². The molecule has 15 heavy (non-hydrogen) atoms. The van der Waals surface area contributed by atoms with E-state index in [-0.39, 0.29) is 0 Å². The van der Waals surface area contributed by atoms with Crippen molar-refractivity contribution in [1.29, 1.82) is 5.26 Å². The zero-order chi connectivity index (χ0) is 10.3. The molecule has 3 heterocycles. The Balaban J connectivity index is 2.70. The van der Waals surface area contributed by atoms with Crippen molar-refractivity contribution in [2.24, 2.45) is 0 Å². The van der Waals surface area contributed by atoms with Crippen LogP contribution in [0.3, 0.4) is 0 Å². The lowest BCUT2D eigenvalue weighted by Gasteiger charge is -1.93. The van der Waals surface area contributed by atoms with Crippen molar-refractivity contribution in [3.05, 3.63) is 42.5 Å². The molecule has 0 aromatic carbocycles. The SMILES string of the molecule is N#Cc1c2ncncc2n2ccccc12. The van der Waals surface area contributed by atoms with Crippen LogP contribution in [-0.2, 0) is 0 Å². The molecule has 0 aliphatic carbocycles. The fourth-order valence-electron chi connectivity index (χ4n) is 1.78. The van der Waals surface area contributed by atoms with Gasteiger partial charge in [-0.1, -0.05) is 6.07 Å². The van der Waals surface area contributed by atoms with Gasteiger partial charge in [-0.25, -0.2) is 9.97 Å². The van der Waals surface area contributed by atoms with Crippen LogP contribution in [0.25, 0.3) is 16.6 Å². The summed E-state index contributed by atoms with van der Waals surface area (Å²) in [6.07, 6.45) is 5.08. The average molecular weight is 194 g/mol. The molecule has 3 rings (SSSR count). The van der Waals surface area contributed by atoms with E-state index in [0.29, 0.717) is 11.1 Å². The van der Waals surface area contributed by atoms with Gasteiger partial charge in [-0.2, -0.15) is 5.26 Å². The van der Waals surface area contributed by atoms with Gasteiger partial charge in [0.2, 0.25) is 0 Å². The smallest absolute Gasteiger partial charge is 0.116 e. The van der Waals surface area contributed by atoms with Gasteiger partial charge < -0.3 is 4.40 Å². The molecule has 3 aromatic rings. The lowest BCUT2D eigenvalue weighted by atomic mass is 10.2. The van der Waals surface area contributed by atoms with Crippen LogP contribution < -0.4 is 0 Å². The highest BCUT2D eigenvalue weighted by molar-refractivity contribution is 5.91. The largest absolute Gasteiger partial charge is 0.312 e. The second-order valence-electron chi connectivity index (χ2n) is 3.20. The van der Waals surface area contributed by atoms with Crippen LogP contribution in [0.5, 0.6) is 0 Å². The number of nitriles is 1. The Labute approximate surface area is 85.4 Å².